The molecule has 1 N–H and O–H groups in total. The van der Waals surface area contributed by atoms with Crippen molar-refractivity contribution in [3.05, 3.63) is 71.5 Å². The zero-order chi connectivity index (χ0) is 18.6. The number of aryl methyl sites for hydroxylation is 1. The molecule has 0 unspecified atom stereocenters. The third kappa shape index (κ3) is 3.58. The van der Waals surface area contributed by atoms with E-state index in [1.807, 2.05) is 37.3 Å². The lowest BCUT2D eigenvalue weighted by Gasteiger charge is -2.08. The first-order valence-electron chi connectivity index (χ1n) is 8.18. The van der Waals surface area contributed by atoms with Gasteiger partial charge in [0.2, 0.25) is 0 Å². The van der Waals surface area contributed by atoms with Crippen molar-refractivity contribution in [3.63, 3.8) is 0 Å². The minimum absolute atomic E-state index is 0.180. The Morgan fingerprint density at radius 1 is 1.19 bits per heavy atom. The van der Waals surface area contributed by atoms with E-state index in [1.54, 1.807) is 23.4 Å². The smallest absolute Gasteiger partial charge is 0.263 e. The van der Waals surface area contributed by atoms with Gasteiger partial charge in [0.05, 0.1) is 11.4 Å². The number of hydrogen-bond acceptors (Lipinski definition) is 7. The van der Waals surface area contributed by atoms with E-state index in [0.717, 1.165) is 16.3 Å². The van der Waals surface area contributed by atoms with Crippen LogP contribution in [0.4, 0.5) is 0 Å². The summed E-state index contributed by atoms with van der Waals surface area (Å²) < 4.78 is 1.57. The molecule has 4 heterocycles. The molecule has 4 aromatic heterocycles. The van der Waals surface area contributed by atoms with Crippen LogP contribution in [0.1, 0.15) is 20.9 Å². The number of pyridine rings is 2. The van der Waals surface area contributed by atoms with E-state index in [1.165, 1.54) is 17.7 Å². The highest BCUT2D eigenvalue weighted by Crippen LogP contribution is 2.26. The highest BCUT2D eigenvalue weighted by atomic mass is 32.1. The van der Waals surface area contributed by atoms with Crippen LogP contribution < -0.4 is 5.32 Å². The van der Waals surface area contributed by atoms with Gasteiger partial charge in [0.1, 0.15) is 22.5 Å². The number of carbonyl (C=O) groups is 1. The Morgan fingerprint density at radius 2 is 2.07 bits per heavy atom. The summed E-state index contributed by atoms with van der Waals surface area (Å²) in [6.07, 6.45) is 6.39. The van der Waals surface area contributed by atoms with Crippen molar-refractivity contribution in [2.45, 2.75) is 13.5 Å². The average Bonchev–Trinajstić information content (AvgIpc) is 3.37. The van der Waals surface area contributed by atoms with Crippen LogP contribution in [0.15, 0.2) is 55.4 Å². The quantitative estimate of drug-likeness (QED) is 0.573. The number of rotatable bonds is 5. The number of thiazole rings is 1. The maximum absolute atomic E-state index is 12.7. The highest BCUT2D eigenvalue weighted by Gasteiger charge is 2.17. The molecule has 0 radical (unpaired) electrons. The van der Waals surface area contributed by atoms with Crippen molar-refractivity contribution in [2.24, 2.45) is 0 Å². The average molecular weight is 377 g/mol. The molecule has 0 bridgehead atoms. The molecule has 0 fully saturated rings. The van der Waals surface area contributed by atoms with E-state index in [0.29, 0.717) is 22.9 Å². The molecule has 9 heteroatoms. The lowest BCUT2D eigenvalue weighted by atomic mass is 10.2. The summed E-state index contributed by atoms with van der Waals surface area (Å²) in [7, 11) is 0. The summed E-state index contributed by atoms with van der Waals surface area (Å²) in [5, 5.41) is 7.76. The van der Waals surface area contributed by atoms with Gasteiger partial charge in [-0.3, -0.25) is 9.78 Å². The molecule has 0 atom stereocenters. The molecule has 0 saturated heterocycles. The van der Waals surface area contributed by atoms with Crippen LogP contribution in [-0.2, 0) is 6.54 Å². The van der Waals surface area contributed by atoms with E-state index in [4.69, 9.17) is 0 Å². The zero-order valence-corrected chi connectivity index (χ0v) is 15.2. The fraction of sp³-hybridized carbons (Fsp3) is 0.111. The van der Waals surface area contributed by atoms with Crippen molar-refractivity contribution in [3.8, 4) is 16.5 Å². The van der Waals surface area contributed by atoms with Gasteiger partial charge in [0.25, 0.3) is 5.91 Å². The summed E-state index contributed by atoms with van der Waals surface area (Å²) in [5.74, 6) is 0.450. The standard InChI is InChI=1S/C18H15N7OS/c1-12-15(27-18(24-12)14-6-2-3-7-20-14)17(26)22-9-13-5-4-8-21-16(13)25-11-19-10-23-25/h2-8,10-11H,9H2,1H3,(H,22,26). The Labute approximate surface area is 159 Å². The van der Waals surface area contributed by atoms with E-state index < -0.39 is 0 Å². The van der Waals surface area contributed by atoms with Crippen molar-refractivity contribution < 1.29 is 4.79 Å². The number of aromatic nitrogens is 6. The topological polar surface area (TPSA) is 98.5 Å². The molecule has 4 aromatic rings. The number of nitrogens with zero attached hydrogens (tertiary/aromatic N) is 6. The first kappa shape index (κ1) is 17.0. The molecule has 27 heavy (non-hydrogen) atoms. The molecule has 0 aliphatic carbocycles. The SMILES string of the molecule is Cc1nc(-c2ccccn2)sc1C(=O)NCc1cccnc1-n1cncn1. The van der Waals surface area contributed by atoms with E-state index >= 15 is 0 Å². The van der Waals surface area contributed by atoms with Gasteiger partial charge in [-0.1, -0.05) is 12.1 Å². The van der Waals surface area contributed by atoms with Crippen molar-refractivity contribution in [1.82, 2.24) is 35.0 Å². The summed E-state index contributed by atoms with van der Waals surface area (Å²) in [6.45, 7) is 2.14. The third-order valence-corrected chi connectivity index (χ3v) is 5.01. The maximum atomic E-state index is 12.7. The summed E-state index contributed by atoms with van der Waals surface area (Å²) in [6, 6.07) is 9.33. The number of hydrogen-bond donors (Lipinski definition) is 1. The predicted octanol–water partition coefficient (Wildman–Crippen LogP) is 2.42. The van der Waals surface area contributed by atoms with Crippen LogP contribution in [0, 0.1) is 6.92 Å². The van der Waals surface area contributed by atoms with Crippen LogP contribution in [0.5, 0.6) is 0 Å². The molecule has 0 aromatic carbocycles. The largest absolute Gasteiger partial charge is 0.347 e. The van der Waals surface area contributed by atoms with Crippen LogP contribution in [0.2, 0.25) is 0 Å². The lowest BCUT2D eigenvalue weighted by Crippen LogP contribution is -2.23. The van der Waals surface area contributed by atoms with Crippen molar-refractivity contribution in [2.75, 3.05) is 0 Å². The van der Waals surface area contributed by atoms with Crippen molar-refractivity contribution >= 4 is 17.2 Å². The van der Waals surface area contributed by atoms with Gasteiger partial charge >= 0.3 is 0 Å². The molecule has 0 aliphatic rings. The second kappa shape index (κ2) is 7.42. The Balaban J connectivity index is 1.52. The first-order valence-corrected chi connectivity index (χ1v) is 9.00. The van der Waals surface area contributed by atoms with Gasteiger partial charge in [-0.2, -0.15) is 5.10 Å². The Kier molecular flexibility index (Phi) is 4.67. The summed E-state index contributed by atoms with van der Waals surface area (Å²) >= 11 is 1.33. The van der Waals surface area contributed by atoms with Gasteiger partial charge in [-0.15, -0.1) is 11.3 Å². The molecule has 8 nitrogen and oxygen atoms in total. The molecular formula is C18H15N7OS. The van der Waals surface area contributed by atoms with Gasteiger partial charge in [-0.05, 0) is 25.1 Å². The maximum Gasteiger partial charge on any atom is 0.263 e. The summed E-state index contributed by atoms with van der Waals surface area (Å²) in [4.78, 5) is 30.3. The second-order valence-electron chi connectivity index (χ2n) is 5.66. The van der Waals surface area contributed by atoms with Crippen molar-refractivity contribution in [1.29, 1.82) is 0 Å². The van der Waals surface area contributed by atoms with Gasteiger partial charge in [0, 0.05) is 24.5 Å². The highest BCUT2D eigenvalue weighted by molar-refractivity contribution is 7.17. The van der Waals surface area contributed by atoms with Crippen LogP contribution in [-0.4, -0.2) is 35.6 Å². The summed E-state index contributed by atoms with van der Waals surface area (Å²) in [5.41, 5.74) is 2.27. The minimum atomic E-state index is -0.180. The lowest BCUT2D eigenvalue weighted by molar-refractivity contribution is 0.0954. The first-order chi connectivity index (χ1) is 13.2. The fourth-order valence-corrected chi connectivity index (χ4v) is 3.51. The molecule has 0 saturated carbocycles. The molecule has 1 amide bonds. The fourth-order valence-electron chi connectivity index (χ4n) is 2.55. The van der Waals surface area contributed by atoms with Crippen LogP contribution in [0.3, 0.4) is 0 Å². The van der Waals surface area contributed by atoms with Crippen LogP contribution >= 0.6 is 11.3 Å². The number of amides is 1. The Morgan fingerprint density at radius 3 is 2.85 bits per heavy atom. The minimum Gasteiger partial charge on any atom is -0.347 e. The van der Waals surface area contributed by atoms with Gasteiger partial charge in [0.15, 0.2) is 5.82 Å². The predicted molar refractivity (Wildman–Crippen MR) is 100 cm³/mol. The van der Waals surface area contributed by atoms with Gasteiger partial charge < -0.3 is 5.32 Å². The molecule has 134 valence electrons. The van der Waals surface area contributed by atoms with Gasteiger partial charge in [-0.25, -0.2) is 19.6 Å². The van der Waals surface area contributed by atoms with E-state index in [-0.39, 0.29) is 5.91 Å². The second-order valence-corrected chi connectivity index (χ2v) is 6.66. The molecule has 0 aliphatic heterocycles. The Bertz CT molecular complexity index is 1060. The molecule has 0 spiro atoms. The van der Waals surface area contributed by atoms with Crippen LogP contribution in [0.25, 0.3) is 16.5 Å². The number of nitrogens with one attached hydrogen (secondary N) is 1. The monoisotopic (exact) mass is 377 g/mol. The Hall–Kier alpha value is -3.46. The normalized spacial score (nSPS) is 10.7. The number of carbonyl (C=O) groups excluding carboxylic acids is 1. The van der Waals surface area contributed by atoms with E-state index in [2.05, 4.69) is 30.4 Å². The van der Waals surface area contributed by atoms with E-state index in [9.17, 15) is 4.79 Å². The third-order valence-electron chi connectivity index (χ3n) is 3.83. The zero-order valence-electron chi connectivity index (χ0n) is 14.4. The molecule has 4 rings (SSSR count). The molecular weight excluding hydrogens is 362 g/mol.